The maximum absolute atomic E-state index is 13.8. The number of halogens is 1. The Labute approximate surface area is 324 Å². The summed E-state index contributed by atoms with van der Waals surface area (Å²) >= 11 is 3.70. The average Bonchev–Trinajstić information content (AvgIpc) is 3.71. The Balaban J connectivity index is 1.27. The number of alkyl halides is 1. The Morgan fingerprint density at radius 3 is 2.09 bits per heavy atom. The molecule has 2 fully saturated rings. The second kappa shape index (κ2) is 19.8. The number of nitrogens with zero attached hydrogens (tertiary/aromatic N) is 1. The SMILES string of the molecule is O=CSC1C(NC(=O)CCC(NC(=O)OC2CCCC2)C(=O)OC(c2ccccc2)c2ccccc2)C(=O)N1C(C(=O)OCc1ccccc1)=C(O)CBr. The summed E-state index contributed by atoms with van der Waals surface area (Å²) in [5, 5.41) is 14.5. The molecular formula is C39H40BrN3O10S. The van der Waals surface area contributed by atoms with E-state index in [1.54, 1.807) is 30.3 Å². The van der Waals surface area contributed by atoms with Crippen LogP contribution >= 0.6 is 27.7 Å². The summed E-state index contributed by atoms with van der Waals surface area (Å²) in [5.41, 5.74) is 2.02. The van der Waals surface area contributed by atoms with E-state index in [0.717, 1.165) is 17.7 Å². The molecule has 3 N–H and O–H groups in total. The molecule has 2 aliphatic rings. The largest absolute Gasteiger partial charge is 0.509 e. The number of β-lactam (4-membered cyclic amide) rings is 1. The van der Waals surface area contributed by atoms with Crippen molar-refractivity contribution in [3.8, 4) is 0 Å². The van der Waals surface area contributed by atoms with Crippen molar-refractivity contribution < 1.29 is 48.1 Å². The number of ether oxygens (including phenoxy) is 3. The van der Waals surface area contributed by atoms with Gasteiger partial charge in [0.2, 0.25) is 5.91 Å². The third kappa shape index (κ3) is 10.5. The first kappa shape index (κ1) is 40.0. The summed E-state index contributed by atoms with van der Waals surface area (Å²) in [7, 11) is 0. The maximum Gasteiger partial charge on any atom is 0.408 e. The minimum Gasteiger partial charge on any atom is -0.509 e. The highest BCUT2D eigenvalue weighted by Crippen LogP contribution is 2.35. The van der Waals surface area contributed by atoms with Crippen LogP contribution in [0.15, 0.2) is 102 Å². The van der Waals surface area contributed by atoms with Crippen LogP contribution in [0.25, 0.3) is 0 Å². The summed E-state index contributed by atoms with van der Waals surface area (Å²) in [6.07, 6.45) is 0.750. The van der Waals surface area contributed by atoms with E-state index in [2.05, 4.69) is 26.6 Å². The lowest BCUT2D eigenvalue weighted by Crippen LogP contribution is -2.69. The quantitative estimate of drug-likeness (QED) is 0.0293. The van der Waals surface area contributed by atoms with Crippen LogP contribution < -0.4 is 10.6 Å². The van der Waals surface area contributed by atoms with Crippen LogP contribution in [0.1, 0.15) is 61.3 Å². The molecule has 1 aliphatic carbocycles. The zero-order valence-electron chi connectivity index (χ0n) is 29.1. The monoisotopic (exact) mass is 821 g/mol. The van der Waals surface area contributed by atoms with Crippen molar-refractivity contribution in [3.05, 3.63) is 119 Å². The highest BCUT2D eigenvalue weighted by atomic mass is 79.9. The van der Waals surface area contributed by atoms with Gasteiger partial charge in [-0.3, -0.25) is 19.3 Å². The number of carbonyl (C=O) groups excluding carboxylic acids is 6. The lowest BCUT2D eigenvalue weighted by atomic mass is 10.0. The number of aliphatic hydroxyl groups is 1. The molecule has 54 heavy (non-hydrogen) atoms. The molecule has 3 aromatic rings. The molecule has 3 aromatic carbocycles. The fraction of sp³-hybridized carbons (Fsp3) is 0.333. The van der Waals surface area contributed by atoms with Gasteiger partial charge >= 0.3 is 18.0 Å². The molecule has 0 radical (unpaired) electrons. The van der Waals surface area contributed by atoms with Crippen LogP contribution in [0.4, 0.5) is 4.79 Å². The fourth-order valence-corrected chi connectivity index (χ4v) is 7.18. The van der Waals surface area contributed by atoms with Crippen molar-refractivity contribution in [3.63, 3.8) is 0 Å². The van der Waals surface area contributed by atoms with Crippen molar-refractivity contribution in [1.82, 2.24) is 15.5 Å². The van der Waals surface area contributed by atoms with Crippen molar-refractivity contribution in [1.29, 1.82) is 0 Å². The highest BCUT2D eigenvalue weighted by molar-refractivity contribution is 9.09. The van der Waals surface area contributed by atoms with Gasteiger partial charge in [-0.05, 0) is 48.8 Å². The molecule has 0 aromatic heterocycles. The van der Waals surface area contributed by atoms with E-state index >= 15 is 0 Å². The van der Waals surface area contributed by atoms with Gasteiger partial charge in [-0.1, -0.05) is 119 Å². The number of alkyl carbamates (subject to hydrolysis) is 1. The number of aliphatic hydroxyl groups excluding tert-OH is 1. The normalized spacial score (nSPS) is 17.8. The smallest absolute Gasteiger partial charge is 0.408 e. The number of nitrogens with one attached hydrogen (secondary N) is 2. The van der Waals surface area contributed by atoms with E-state index in [4.69, 9.17) is 14.2 Å². The topological polar surface area (TPSA) is 178 Å². The van der Waals surface area contributed by atoms with E-state index in [0.29, 0.717) is 46.9 Å². The Morgan fingerprint density at radius 1 is 0.926 bits per heavy atom. The zero-order valence-corrected chi connectivity index (χ0v) is 31.5. The summed E-state index contributed by atoms with van der Waals surface area (Å²) in [6.45, 7) is -0.143. The number of allylic oxidation sites excluding steroid dienone is 1. The van der Waals surface area contributed by atoms with E-state index in [1.165, 1.54) is 0 Å². The van der Waals surface area contributed by atoms with Crippen molar-refractivity contribution in [2.75, 3.05) is 5.33 Å². The minimum absolute atomic E-state index is 0.143. The summed E-state index contributed by atoms with van der Waals surface area (Å²) in [5.74, 6) is -3.78. The lowest BCUT2D eigenvalue weighted by molar-refractivity contribution is -0.153. The average molecular weight is 823 g/mol. The van der Waals surface area contributed by atoms with Gasteiger partial charge in [-0.15, -0.1) is 0 Å². The molecule has 0 bridgehead atoms. The number of esters is 2. The van der Waals surface area contributed by atoms with Gasteiger partial charge in [0, 0.05) is 6.42 Å². The van der Waals surface area contributed by atoms with Gasteiger partial charge in [0.05, 0.1) is 5.33 Å². The van der Waals surface area contributed by atoms with Gasteiger partial charge < -0.3 is 30.0 Å². The lowest BCUT2D eigenvalue weighted by Gasteiger charge is -2.45. The number of hydrogen-bond donors (Lipinski definition) is 3. The van der Waals surface area contributed by atoms with E-state index in [9.17, 15) is 33.9 Å². The zero-order chi connectivity index (χ0) is 38.5. The molecule has 13 nitrogen and oxygen atoms in total. The van der Waals surface area contributed by atoms with Gasteiger partial charge in [0.1, 0.15) is 35.9 Å². The first-order valence-electron chi connectivity index (χ1n) is 17.4. The van der Waals surface area contributed by atoms with Gasteiger partial charge in [-0.2, -0.15) is 0 Å². The molecule has 1 saturated heterocycles. The highest BCUT2D eigenvalue weighted by Gasteiger charge is 2.53. The van der Waals surface area contributed by atoms with Crippen molar-refractivity contribution >= 4 is 63.2 Å². The summed E-state index contributed by atoms with van der Waals surface area (Å²) in [4.78, 5) is 79.2. The second-order valence-electron chi connectivity index (χ2n) is 12.6. The molecule has 1 aliphatic heterocycles. The number of carbonyl (C=O) groups is 6. The Kier molecular flexibility index (Phi) is 14.7. The number of likely N-dealkylation sites (tertiary alicyclic amines) is 1. The van der Waals surface area contributed by atoms with Crippen LogP contribution in [0.3, 0.4) is 0 Å². The standard InChI is InChI=1S/C39H40BrN3O10S/c40-22-30(45)33(38(49)51-23-25-12-4-1-5-13-25)43-35(47)32(36(43)54-24-44)42-31(46)21-20-29(41-39(50)52-28-18-10-11-19-28)37(48)53-34(26-14-6-2-7-15-26)27-16-8-3-9-17-27/h1-9,12-17,24,28-29,32,34,36,45H,10-11,18-23H2,(H,41,50)(H,42,46). The third-order valence-electron chi connectivity index (χ3n) is 8.85. The van der Waals surface area contributed by atoms with E-state index in [1.807, 2.05) is 60.7 Å². The van der Waals surface area contributed by atoms with Gasteiger partial charge in [0.15, 0.2) is 17.4 Å². The molecule has 1 heterocycles. The molecule has 0 spiro atoms. The molecule has 5 rings (SSSR count). The van der Waals surface area contributed by atoms with Crippen molar-refractivity contribution in [2.24, 2.45) is 0 Å². The van der Waals surface area contributed by atoms with E-state index in [-0.39, 0.29) is 30.9 Å². The predicted octanol–water partition coefficient (Wildman–Crippen LogP) is 5.62. The second-order valence-corrected chi connectivity index (χ2v) is 14.1. The minimum atomic E-state index is -1.31. The Bertz CT molecular complexity index is 1770. The molecule has 3 unspecified atom stereocenters. The van der Waals surface area contributed by atoms with Crippen LogP contribution in [0, 0.1) is 0 Å². The Morgan fingerprint density at radius 2 is 1.52 bits per heavy atom. The van der Waals surface area contributed by atoms with Crippen LogP contribution in [0.5, 0.6) is 0 Å². The number of hydrogen-bond acceptors (Lipinski definition) is 11. The van der Waals surface area contributed by atoms with Crippen molar-refractivity contribution in [2.45, 2.75) is 74.8 Å². The van der Waals surface area contributed by atoms with Gasteiger partial charge in [-0.25, -0.2) is 14.4 Å². The number of rotatable bonds is 17. The number of amides is 3. The van der Waals surface area contributed by atoms with Gasteiger partial charge in [0.25, 0.3) is 5.91 Å². The summed E-state index contributed by atoms with van der Waals surface area (Å²) < 4.78 is 16.9. The third-order valence-corrected chi connectivity index (χ3v) is 10.3. The fourth-order valence-electron chi connectivity index (χ4n) is 6.13. The first-order valence-corrected chi connectivity index (χ1v) is 19.4. The first-order chi connectivity index (χ1) is 26.2. The molecule has 3 amide bonds. The molecular weight excluding hydrogens is 782 g/mol. The maximum atomic E-state index is 13.8. The molecule has 1 saturated carbocycles. The van der Waals surface area contributed by atoms with Crippen LogP contribution in [0.2, 0.25) is 0 Å². The summed E-state index contributed by atoms with van der Waals surface area (Å²) in [6, 6.07) is 24.3. The predicted molar refractivity (Wildman–Crippen MR) is 202 cm³/mol. The van der Waals surface area contributed by atoms with Crippen LogP contribution in [-0.2, 0) is 44.8 Å². The van der Waals surface area contributed by atoms with Crippen LogP contribution in [-0.4, -0.2) is 74.4 Å². The number of thioether (sulfide) groups is 1. The molecule has 3 atom stereocenters. The molecule has 15 heteroatoms. The number of benzene rings is 3. The van der Waals surface area contributed by atoms with E-state index < -0.39 is 64.9 Å². The Hall–Kier alpha value is -5.15. The molecule has 284 valence electrons.